The van der Waals surface area contributed by atoms with E-state index in [9.17, 15) is 4.39 Å². The molecule has 3 aromatic heterocycles. The Morgan fingerprint density at radius 2 is 0.595 bits per heavy atom. The van der Waals surface area contributed by atoms with Crippen molar-refractivity contribution in [3.63, 3.8) is 0 Å². The SMILES string of the molecule is CC1(c2ccc(N(c3ccc(-c4ccc(-c5ccc6ccc(-n7c8ccccc8c8cc(-c9ccc(N(c%10ccc(-c%11ccc(F)cc%11)cc%10)c%10cccc(C%11(C)c%12ccccc%12-c%12ccccc%12%11)c%10)cc9)ccc87)cc6c5)cc4)cc3)c3ccc(-c4ccc5c(c4)c4ccccc4n5-c4ccccn4)cc3)cc2)c2ccccc2-c2ccccc21. The van der Waals surface area contributed by atoms with Crippen LogP contribution in [-0.4, -0.2) is 14.1 Å². The highest BCUT2D eigenvalue weighted by Gasteiger charge is 2.42. The summed E-state index contributed by atoms with van der Waals surface area (Å²) in [7, 11) is 0. The molecule has 0 aliphatic heterocycles. The van der Waals surface area contributed by atoms with E-state index in [0.717, 1.165) is 123 Å². The van der Waals surface area contributed by atoms with E-state index >= 15 is 0 Å². The maximum Gasteiger partial charge on any atom is 0.137 e. The predicted molar refractivity (Wildman–Crippen MR) is 502 cm³/mol. The number of nitrogens with zero attached hydrogens (tertiary/aromatic N) is 5. The van der Waals surface area contributed by atoms with Gasteiger partial charge in [0.2, 0.25) is 0 Å². The smallest absolute Gasteiger partial charge is 0.137 e. The monoisotopic (exact) mass is 1550 g/mol. The standard InChI is InChI=1S/C115H78FN5/c1-114(105-26-9-3-20-97(105)98-21-4-10-27-106(98)114)87-52-65-94(66-53-87)118(91-60-45-80(46-61-91)85-51-68-112-104(73-85)102-25-8-14-31-110(102)121(112)113-32-15-16-69-117-113)90-56-41-77(42-57-90)75-33-35-79(36-34-75)83-38-37-82-49-64-96(71-86(82)70-83)120-109-30-13-7-24-101(109)103-72-84(50-67-111(103)120)81-47-62-93(63-48-81)119(92-58-43-78(44-59-92)76-39-54-89(116)55-40-76)95-19-17-18-88(74-95)115(2)107-28-11-5-22-99(107)100-23-6-12-29-108(100)115/h3-74H,1-2H3. The summed E-state index contributed by atoms with van der Waals surface area (Å²) in [6, 6.07) is 156. The van der Waals surface area contributed by atoms with E-state index in [1.165, 1.54) is 100 Å². The number of rotatable bonds is 15. The van der Waals surface area contributed by atoms with Crippen molar-refractivity contribution < 1.29 is 4.39 Å². The van der Waals surface area contributed by atoms with Gasteiger partial charge in [-0.25, -0.2) is 9.37 Å². The Kier molecular flexibility index (Phi) is 16.6. The molecule has 570 valence electrons. The highest BCUT2D eigenvalue weighted by Crippen LogP contribution is 2.55. The second-order valence-corrected chi connectivity index (χ2v) is 32.6. The summed E-state index contributed by atoms with van der Waals surface area (Å²) in [5.41, 5.74) is 35.4. The van der Waals surface area contributed by atoms with Gasteiger partial charge in [-0.3, -0.25) is 4.57 Å². The molecule has 2 aliphatic carbocycles. The molecule has 0 radical (unpaired) electrons. The highest BCUT2D eigenvalue weighted by atomic mass is 19.1. The third kappa shape index (κ3) is 11.7. The minimum absolute atomic E-state index is 0.247. The lowest BCUT2D eigenvalue weighted by Crippen LogP contribution is -2.23. The first-order valence-corrected chi connectivity index (χ1v) is 41.6. The van der Waals surface area contributed by atoms with Crippen LogP contribution in [0.15, 0.2) is 437 Å². The van der Waals surface area contributed by atoms with Gasteiger partial charge in [0.05, 0.1) is 22.1 Å². The Balaban J connectivity index is 0.537. The van der Waals surface area contributed by atoms with Crippen molar-refractivity contribution in [2.75, 3.05) is 9.80 Å². The zero-order valence-electron chi connectivity index (χ0n) is 66.7. The Bertz CT molecular complexity index is 7540. The second-order valence-electron chi connectivity index (χ2n) is 32.6. The van der Waals surface area contributed by atoms with Crippen LogP contribution in [0.4, 0.5) is 38.5 Å². The molecule has 5 nitrogen and oxygen atoms in total. The van der Waals surface area contributed by atoms with Crippen LogP contribution in [-0.2, 0) is 10.8 Å². The van der Waals surface area contributed by atoms with E-state index in [0.29, 0.717) is 0 Å². The summed E-state index contributed by atoms with van der Waals surface area (Å²) in [6.45, 7) is 4.75. The Morgan fingerprint density at radius 1 is 0.240 bits per heavy atom. The number of hydrogen-bond acceptors (Lipinski definition) is 3. The molecule has 0 fully saturated rings. The third-order valence-corrected chi connectivity index (χ3v) is 26.0. The molecule has 0 atom stereocenters. The van der Waals surface area contributed by atoms with E-state index in [2.05, 4.69) is 427 Å². The first-order chi connectivity index (χ1) is 59.6. The molecule has 0 amide bonds. The van der Waals surface area contributed by atoms with Gasteiger partial charge in [0.25, 0.3) is 0 Å². The summed E-state index contributed by atoms with van der Waals surface area (Å²) in [6.07, 6.45) is 1.86. The average molecular weight is 1550 g/mol. The average Bonchev–Trinajstić information content (AvgIpc) is 1.43. The molecule has 2 aliphatic rings. The van der Waals surface area contributed by atoms with Crippen molar-refractivity contribution in [1.29, 1.82) is 0 Å². The van der Waals surface area contributed by atoms with Crippen molar-refractivity contribution >= 4 is 88.5 Å². The number of anilines is 6. The number of benzene rings is 18. The van der Waals surface area contributed by atoms with E-state index in [1.54, 1.807) is 0 Å². The van der Waals surface area contributed by atoms with Crippen LogP contribution in [0, 0.1) is 5.82 Å². The van der Waals surface area contributed by atoms with Crippen LogP contribution >= 0.6 is 0 Å². The summed E-state index contributed by atoms with van der Waals surface area (Å²) in [5.74, 6) is 0.656. The normalized spacial score (nSPS) is 12.9. The summed E-state index contributed by atoms with van der Waals surface area (Å²) >= 11 is 0. The number of fused-ring (bicyclic) bond motifs is 13. The lowest BCUT2D eigenvalue weighted by molar-refractivity contribution is 0.628. The predicted octanol–water partition coefficient (Wildman–Crippen LogP) is 30.5. The van der Waals surface area contributed by atoms with Crippen molar-refractivity contribution in [2.45, 2.75) is 24.7 Å². The fourth-order valence-corrected chi connectivity index (χ4v) is 19.9. The topological polar surface area (TPSA) is 29.2 Å². The first kappa shape index (κ1) is 70.9. The zero-order valence-corrected chi connectivity index (χ0v) is 66.7. The number of hydrogen-bond donors (Lipinski definition) is 0. The number of aromatic nitrogens is 3. The van der Waals surface area contributed by atoms with Crippen molar-refractivity contribution in [3.05, 3.63) is 476 Å². The molecule has 0 saturated heterocycles. The maximum atomic E-state index is 14.1. The van der Waals surface area contributed by atoms with Crippen LogP contribution < -0.4 is 9.80 Å². The van der Waals surface area contributed by atoms with Crippen LogP contribution in [0.1, 0.15) is 47.2 Å². The zero-order chi connectivity index (χ0) is 80.4. The largest absolute Gasteiger partial charge is 0.311 e. The van der Waals surface area contributed by atoms with Gasteiger partial charge < -0.3 is 14.4 Å². The van der Waals surface area contributed by atoms with Gasteiger partial charge in [-0.1, -0.05) is 279 Å². The molecule has 121 heavy (non-hydrogen) atoms. The maximum absolute atomic E-state index is 14.1. The van der Waals surface area contributed by atoms with Crippen LogP contribution in [0.25, 0.3) is 144 Å². The van der Waals surface area contributed by atoms with Gasteiger partial charge in [0, 0.05) is 78.4 Å². The van der Waals surface area contributed by atoms with Gasteiger partial charge in [-0.2, -0.15) is 0 Å². The van der Waals surface area contributed by atoms with Crippen molar-refractivity contribution in [2.24, 2.45) is 0 Å². The molecule has 0 bridgehead atoms. The highest BCUT2D eigenvalue weighted by molar-refractivity contribution is 6.12. The molecule has 0 saturated carbocycles. The Labute approximate surface area is 702 Å². The van der Waals surface area contributed by atoms with E-state index in [-0.39, 0.29) is 16.6 Å². The molecule has 0 N–H and O–H groups in total. The number of para-hydroxylation sites is 2. The van der Waals surface area contributed by atoms with Gasteiger partial charge in [0.1, 0.15) is 11.6 Å². The van der Waals surface area contributed by atoms with Crippen LogP contribution in [0.5, 0.6) is 0 Å². The van der Waals surface area contributed by atoms with Gasteiger partial charge in [-0.15, -0.1) is 0 Å². The summed E-state index contributed by atoms with van der Waals surface area (Å²) in [4.78, 5) is 9.51. The quantitative estimate of drug-likeness (QED) is 0.102. The van der Waals surface area contributed by atoms with Crippen molar-refractivity contribution in [1.82, 2.24) is 14.1 Å². The first-order valence-electron chi connectivity index (χ1n) is 41.6. The Hall–Kier alpha value is -15.5. The molecule has 21 aromatic rings. The molecular formula is C115H78FN5. The molecule has 3 heterocycles. The molecule has 6 heteroatoms. The summed E-state index contributed by atoms with van der Waals surface area (Å²) in [5, 5.41) is 7.14. The third-order valence-electron chi connectivity index (χ3n) is 26.0. The second kappa shape index (κ2) is 28.4. The molecular weight excluding hydrogens is 1470 g/mol. The lowest BCUT2D eigenvalue weighted by Gasteiger charge is -2.31. The lowest BCUT2D eigenvalue weighted by atomic mass is 9.74. The van der Waals surface area contributed by atoms with Crippen LogP contribution in [0.3, 0.4) is 0 Å². The molecule has 0 unspecified atom stereocenters. The molecule has 23 rings (SSSR count). The van der Waals surface area contributed by atoms with E-state index in [4.69, 9.17) is 4.98 Å². The molecule has 0 spiro atoms. The van der Waals surface area contributed by atoms with E-state index in [1.807, 2.05) is 30.5 Å². The van der Waals surface area contributed by atoms with Gasteiger partial charge >= 0.3 is 0 Å². The molecule has 18 aromatic carbocycles. The van der Waals surface area contributed by atoms with Gasteiger partial charge in [-0.05, 0) is 288 Å². The fourth-order valence-electron chi connectivity index (χ4n) is 19.9. The number of pyridine rings is 1. The Morgan fingerprint density at radius 3 is 1.07 bits per heavy atom. The minimum Gasteiger partial charge on any atom is -0.311 e. The van der Waals surface area contributed by atoms with Crippen LogP contribution in [0.2, 0.25) is 0 Å². The fraction of sp³-hybridized carbons (Fsp3) is 0.0348. The minimum atomic E-state index is -0.371. The number of halogens is 1. The van der Waals surface area contributed by atoms with Gasteiger partial charge in [0.15, 0.2) is 0 Å². The summed E-state index contributed by atoms with van der Waals surface area (Å²) < 4.78 is 18.8. The van der Waals surface area contributed by atoms with E-state index < -0.39 is 0 Å². The van der Waals surface area contributed by atoms with Crippen molar-refractivity contribution in [3.8, 4) is 89.4 Å².